The monoisotopic (exact) mass is 164 g/mol. The van der Waals surface area contributed by atoms with Gasteiger partial charge in [0, 0.05) is 0 Å². The molecule has 0 unspecified atom stereocenters. The summed E-state index contributed by atoms with van der Waals surface area (Å²) in [6, 6.07) is 7.13. The highest BCUT2D eigenvalue weighted by atomic mass is 19.1. The molecule has 0 N–H and O–H groups in total. The average molecular weight is 164 g/mol. The minimum atomic E-state index is -0.0330. The molecule has 0 spiro atoms. The lowest BCUT2D eigenvalue weighted by Crippen LogP contribution is -2.19. The van der Waals surface area contributed by atoms with Crippen LogP contribution in [0, 0.1) is 11.7 Å². The summed E-state index contributed by atoms with van der Waals surface area (Å²) in [5.41, 5.74) is 0.913. The Bertz CT molecular complexity index is 274. The minimum absolute atomic E-state index is 0.0330. The Kier molecular flexibility index (Phi) is 1.87. The molecule has 1 heteroatoms. The van der Waals surface area contributed by atoms with Crippen molar-refractivity contribution in [3.05, 3.63) is 35.6 Å². The fourth-order valence-electron chi connectivity index (χ4n) is 1.96. The van der Waals surface area contributed by atoms with E-state index in [9.17, 15) is 4.39 Å². The minimum Gasteiger partial charge on any atom is -0.207 e. The Morgan fingerprint density at radius 1 is 1.25 bits per heavy atom. The van der Waals surface area contributed by atoms with E-state index in [0.717, 1.165) is 24.3 Å². The molecule has 0 atom stereocenters. The maximum Gasteiger partial charge on any atom is 0.126 e. The fourth-order valence-corrected chi connectivity index (χ4v) is 1.96. The summed E-state index contributed by atoms with van der Waals surface area (Å²) in [5.74, 6) is 1.24. The summed E-state index contributed by atoms with van der Waals surface area (Å²) in [7, 11) is 0. The van der Waals surface area contributed by atoms with Crippen LogP contribution >= 0.6 is 0 Å². The quantitative estimate of drug-likeness (QED) is 0.597. The van der Waals surface area contributed by atoms with E-state index < -0.39 is 0 Å². The van der Waals surface area contributed by atoms with Crippen molar-refractivity contribution in [2.24, 2.45) is 5.92 Å². The van der Waals surface area contributed by atoms with Gasteiger partial charge in [0.25, 0.3) is 0 Å². The third kappa shape index (κ3) is 1.24. The predicted octanol–water partition coefficient (Wildman–Crippen LogP) is 3.34. The zero-order valence-corrected chi connectivity index (χ0v) is 7.26. The standard InChI is InChI=1S/C11H13F/c1-8-6-9(7-8)10-4-2-3-5-11(10)12/h2-5,8-9H,6-7H2,1H3. The molecule has 0 aromatic heterocycles. The van der Waals surface area contributed by atoms with Gasteiger partial charge in [-0.2, -0.15) is 0 Å². The molecule has 2 rings (SSSR count). The summed E-state index contributed by atoms with van der Waals surface area (Å²) >= 11 is 0. The Labute approximate surface area is 72.4 Å². The van der Waals surface area contributed by atoms with Crippen molar-refractivity contribution in [2.75, 3.05) is 0 Å². The van der Waals surface area contributed by atoms with E-state index in [0.29, 0.717) is 5.92 Å². The van der Waals surface area contributed by atoms with Crippen LogP contribution < -0.4 is 0 Å². The van der Waals surface area contributed by atoms with Crippen molar-refractivity contribution < 1.29 is 4.39 Å². The van der Waals surface area contributed by atoms with Gasteiger partial charge in [0.1, 0.15) is 5.82 Å². The van der Waals surface area contributed by atoms with E-state index >= 15 is 0 Å². The second-order valence-electron chi connectivity index (χ2n) is 3.80. The van der Waals surface area contributed by atoms with E-state index in [1.54, 1.807) is 12.1 Å². The smallest absolute Gasteiger partial charge is 0.126 e. The van der Waals surface area contributed by atoms with E-state index in [4.69, 9.17) is 0 Å². The number of halogens is 1. The number of hydrogen-bond donors (Lipinski definition) is 0. The Morgan fingerprint density at radius 3 is 2.50 bits per heavy atom. The molecule has 0 radical (unpaired) electrons. The lowest BCUT2D eigenvalue weighted by atomic mass is 9.72. The molecule has 64 valence electrons. The van der Waals surface area contributed by atoms with Gasteiger partial charge >= 0.3 is 0 Å². The summed E-state index contributed by atoms with van der Waals surface area (Å²) in [4.78, 5) is 0. The average Bonchev–Trinajstić information content (AvgIpc) is 2.01. The topological polar surface area (TPSA) is 0 Å². The molecule has 0 amide bonds. The van der Waals surface area contributed by atoms with Crippen LogP contribution in [-0.2, 0) is 0 Å². The fraction of sp³-hybridized carbons (Fsp3) is 0.455. The molecule has 1 fully saturated rings. The van der Waals surface area contributed by atoms with Gasteiger partial charge in [-0.25, -0.2) is 4.39 Å². The van der Waals surface area contributed by atoms with Crippen LogP contribution in [0.25, 0.3) is 0 Å². The molecule has 0 aliphatic heterocycles. The highest BCUT2D eigenvalue weighted by molar-refractivity contribution is 5.23. The predicted molar refractivity (Wildman–Crippen MR) is 47.5 cm³/mol. The normalized spacial score (nSPS) is 28.2. The largest absolute Gasteiger partial charge is 0.207 e. The molecule has 1 aromatic rings. The number of benzene rings is 1. The van der Waals surface area contributed by atoms with Crippen molar-refractivity contribution >= 4 is 0 Å². The van der Waals surface area contributed by atoms with Gasteiger partial charge in [-0.05, 0) is 36.3 Å². The van der Waals surface area contributed by atoms with Crippen LogP contribution in [0.1, 0.15) is 31.2 Å². The first kappa shape index (κ1) is 7.78. The highest BCUT2D eigenvalue weighted by Crippen LogP contribution is 2.41. The van der Waals surface area contributed by atoms with Gasteiger partial charge in [-0.15, -0.1) is 0 Å². The molecule has 0 bridgehead atoms. The third-order valence-electron chi connectivity index (χ3n) is 2.72. The van der Waals surface area contributed by atoms with Crippen LogP contribution in [-0.4, -0.2) is 0 Å². The van der Waals surface area contributed by atoms with Crippen LogP contribution in [0.2, 0.25) is 0 Å². The first-order valence-electron chi connectivity index (χ1n) is 4.52. The van der Waals surface area contributed by atoms with Gasteiger partial charge in [-0.3, -0.25) is 0 Å². The van der Waals surface area contributed by atoms with Crippen LogP contribution in [0.4, 0.5) is 4.39 Å². The zero-order chi connectivity index (χ0) is 8.55. The van der Waals surface area contributed by atoms with E-state index in [1.165, 1.54) is 0 Å². The zero-order valence-electron chi connectivity index (χ0n) is 7.26. The number of rotatable bonds is 1. The molecule has 0 saturated heterocycles. The third-order valence-corrected chi connectivity index (χ3v) is 2.72. The summed E-state index contributed by atoms with van der Waals surface area (Å²) in [6.45, 7) is 2.22. The first-order valence-corrected chi connectivity index (χ1v) is 4.52. The molecule has 0 heterocycles. The maximum atomic E-state index is 13.2. The second-order valence-corrected chi connectivity index (χ2v) is 3.80. The van der Waals surface area contributed by atoms with Crippen LogP contribution in [0.3, 0.4) is 0 Å². The van der Waals surface area contributed by atoms with Crippen molar-refractivity contribution in [3.63, 3.8) is 0 Å². The van der Waals surface area contributed by atoms with Crippen molar-refractivity contribution in [1.82, 2.24) is 0 Å². The van der Waals surface area contributed by atoms with Crippen LogP contribution in [0.15, 0.2) is 24.3 Å². The second kappa shape index (κ2) is 2.89. The molecule has 1 aliphatic rings. The molecule has 1 saturated carbocycles. The van der Waals surface area contributed by atoms with Gasteiger partial charge in [-0.1, -0.05) is 25.1 Å². The van der Waals surface area contributed by atoms with Crippen LogP contribution in [0.5, 0.6) is 0 Å². The molecule has 12 heavy (non-hydrogen) atoms. The lowest BCUT2D eigenvalue weighted by Gasteiger charge is -2.33. The van der Waals surface area contributed by atoms with Gasteiger partial charge in [0.05, 0.1) is 0 Å². The Hall–Kier alpha value is -0.850. The van der Waals surface area contributed by atoms with Crippen molar-refractivity contribution in [2.45, 2.75) is 25.7 Å². The molecular formula is C11H13F. The molecule has 1 aliphatic carbocycles. The summed E-state index contributed by atoms with van der Waals surface area (Å²) in [6.07, 6.45) is 2.31. The SMILES string of the molecule is CC1CC(c2ccccc2F)C1. The summed E-state index contributed by atoms with van der Waals surface area (Å²) < 4.78 is 13.2. The van der Waals surface area contributed by atoms with Gasteiger partial charge in [0.15, 0.2) is 0 Å². The molecule has 0 nitrogen and oxygen atoms in total. The van der Waals surface area contributed by atoms with Crippen molar-refractivity contribution in [3.8, 4) is 0 Å². The Balaban J connectivity index is 2.18. The highest BCUT2D eigenvalue weighted by Gasteiger charge is 2.28. The lowest BCUT2D eigenvalue weighted by molar-refractivity contribution is 0.282. The maximum absolute atomic E-state index is 13.2. The van der Waals surface area contributed by atoms with Gasteiger partial charge < -0.3 is 0 Å². The molecular weight excluding hydrogens is 151 g/mol. The Morgan fingerprint density at radius 2 is 1.92 bits per heavy atom. The van der Waals surface area contributed by atoms with E-state index in [1.807, 2.05) is 12.1 Å². The van der Waals surface area contributed by atoms with E-state index in [2.05, 4.69) is 6.92 Å². The first-order chi connectivity index (χ1) is 5.77. The van der Waals surface area contributed by atoms with Gasteiger partial charge in [0.2, 0.25) is 0 Å². The molecule has 1 aromatic carbocycles. The summed E-state index contributed by atoms with van der Waals surface area (Å²) in [5, 5.41) is 0. The van der Waals surface area contributed by atoms with Crippen molar-refractivity contribution in [1.29, 1.82) is 0 Å². The number of hydrogen-bond acceptors (Lipinski definition) is 0. The van der Waals surface area contributed by atoms with E-state index in [-0.39, 0.29) is 5.82 Å².